The van der Waals surface area contributed by atoms with Crippen LogP contribution in [-0.2, 0) is 0 Å². The second-order valence-electron chi connectivity index (χ2n) is 6.06. The van der Waals surface area contributed by atoms with Crippen molar-refractivity contribution in [2.24, 2.45) is 0 Å². The number of carbonyl (C=O) groups is 1. The fraction of sp³-hybridized carbons (Fsp3) is 0. The molecule has 0 spiro atoms. The minimum absolute atomic E-state index is 0. The second-order valence-corrected chi connectivity index (χ2v) is 6.06. The van der Waals surface area contributed by atoms with Crippen molar-refractivity contribution in [2.75, 3.05) is 0 Å². The summed E-state index contributed by atoms with van der Waals surface area (Å²) in [6.45, 7) is 0. The molecular weight excluding hydrogens is 348 g/mol. The number of carbonyl (C=O) groups excluding carboxylic acids is 1. The Labute approximate surface area is 155 Å². The molecule has 0 aliphatic heterocycles. The van der Waals surface area contributed by atoms with Crippen LogP contribution in [-0.4, -0.2) is 10.8 Å². The maximum absolute atomic E-state index is 12.9. The van der Waals surface area contributed by atoms with Crippen molar-refractivity contribution >= 4 is 16.7 Å². The van der Waals surface area contributed by atoms with Gasteiger partial charge in [0.1, 0.15) is 0 Å². The molecule has 4 nitrogen and oxygen atoms in total. The number of rotatable bonds is 1. The van der Waals surface area contributed by atoms with Gasteiger partial charge in [-0.15, -0.1) is 0 Å². The van der Waals surface area contributed by atoms with E-state index < -0.39 is 0 Å². The van der Waals surface area contributed by atoms with Gasteiger partial charge >= 0.3 is 5.56 Å². The van der Waals surface area contributed by atoms with Gasteiger partial charge in [-0.1, -0.05) is 42.5 Å². The number of benzene rings is 2. The lowest BCUT2D eigenvalue weighted by Gasteiger charge is -2.19. The lowest BCUT2D eigenvalue weighted by molar-refractivity contribution is -0.596. The van der Waals surface area contributed by atoms with Crippen LogP contribution in [0.25, 0.3) is 27.7 Å². The third-order valence-corrected chi connectivity index (χ3v) is 4.67. The predicted octanol–water partition coefficient (Wildman–Crippen LogP) is 0.0202. The van der Waals surface area contributed by atoms with Gasteiger partial charge in [0, 0.05) is 34.2 Å². The van der Waals surface area contributed by atoms with E-state index in [9.17, 15) is 9.59 Å². The summed E-state index contributed by atoms with van der Waals surface area (Å²) in [7, 11) is 0. The average molecular weight is 361 g/mol. The third kappa shape index (κ3) is 2.13. The molecule has 5 heteroatoms. The molecule has 1 N–H and O–H groups in total. The number of fused-ring (bicyclic) bond motifs is 2. The Balaban J connectivity index is 0.00000168. The monoisotopic (exact) mass is 360 g/mol. The molecule has 4 aromatic rings. The molecule has 0 saturated carbocycles. The van der Waals surface area contributed by atoms with Crippen LogP contribution in [0.15, 0.2) is 77.9 Å². The molecular formula is C21H13ClN2O2. The van der Waals surface area contributed by atoms with Crippen LogP contribution >= 0.6 is 0 Å². The van der Waals surface area contributed by atoms with Gasteiger partial charge in [-0.3, -0.25) is 9.59 Å². The molecule has 1 aliphatic rings. The van der Waals surface area contributed by atoms with Crippen molar-refractivity contribution in [3.8, 4) is 16.8 Å². The molecule has 2 aromatic carbocycles. The smallest absolute Gasteiger partial charge is 0.321 e. The quantitative estimate of drug-likeness (QED) is 0.429. The van der Waals surface area contributed by atoms with Crippen molar-refractivity contribution in [3.63, 3.8) is 0 Å². The largest absolute Gasteiger partial charge is 1.00 e. The van der Waals surface area contributed by atoms with Crippen LogP contribution < -0.4 is 22.5 Å². The third-order valence-electron chi connectivity index (χ3n) is 4.67. The van der Waals surface area contributed by atoms with E-state index in [4.69, 9.17) is 0 Å². The van der Waals surface area contributed by atoms with Gasteiger partial charge in [0.15, 0.2) is 18.2 Å². The maximum atomic E-state index is 12.9. The number of hydrogen-bond acceptors (Lipinski definition) is 2. The lowest BCUT2D eigenvalue weighted by Crippen LogP contribution is -3.00. The van der Waals surface area contributed by atoms with Gasteiger partial charge < -0.3 is 17.4 Å². The topological polar surface area (TPSA) is 53.8 Å². The van der Waals surface area contributed by atoms with E-state index in [0.717, 1.165) is 16.5 Å². The van der Waals surface area contributed by atoms with Crippen molar-refractivity contribution < 1.29 is 21.8 Å². The highest BCUT2D eigenvalue weighted by atomic mass is 35.5. The number of H-pyrrole nitrogens is 1. The number of hydrogen-bond donors (Lipinski definition) is 1. The fourth-order valence-corrected chi connectivity index (χ4v) is 3.63. The Morgan fingerprint density at radius 2 is 1.42 bits per heavy atom. The van der Waals surface area contributed by atoms with Gasteiger partial charge in [0.05, 0.1) is 11.1 Å². The number of pyridine rings is 2. The van der Waals surface area contributed by atoms with Crippen LogP contribution in [0, 0.1) is 0 Å². The second kappa shape index (κ2) is 5.93. The molecule has 0 saturated heterocycles. The molecule has 0 atom stereocenters. The summed E-state index contributed by atoms with van der Waals surface area (Å²) in [6.07, 6.45) is 3.68. The van der Waals surface area contributed by atoms with E-state index in [0.29, 0.717) is 22.3 Å². The van der Waals surface area contributed by atoms with Gasteiger partial charge in [-0.2, -0.15) is 4.57 Å². The Hall–Kier alpha value is -3.24. The molecule has 126 valence electrons. The highest BCUT2D eigenvalue weighted by molar-refractivity contribution is 6.26. The first kappa shape index (κ1) is 16.2. The Morgan fingerprint density at radius 3 is 2.19 bits per heavy atom. The molecule has 0 radical (unpaired) electrons. The zero-order valence-electron chi connectivity index (χ0n) is 13.6. The van der Waals surface area contributed by atoms with Crippen LogP contribution in [0.5, 0.6) is 0 Å². The number of aromatic amines is 1. The van der Waals surface area contributed by atoms with E-state index in [2.05, 4.69) is 4.98 Å². The number of ketones is 1. The minimum Gasteiger partial charge on any atom is -1.00 e. The fourth-order valence-electron chi connectivity index (χ4n) is 3.63. The van der Waals surface area contributed by atoms with Crippen LogP contribution in [0.4, 0.5) is 0 Å². The standard InChI is InChI=1S/C21H12N2O2.ClH/c24-20-14-8-3-2-7-13(14)18-17-15(20)9-6-10-16(17)22-21(25)19(18)23-11-4-1-5-12-23;/h1-12H;1H. The van der Waals surface area contributed by atoms with Crippen LogP contribution in [0.3, 0.4) is 0 Å². The molecule has 0 fully saturated rings. The summed E-state index contributed by atoms with van der Waals surface area (Å²) in [6, 6.07) is 18.6. The van der Waals surface area contributed by atoms with E-state index in [1.165, 1.54) is 0 Å². The Kier molecular flexibility index (Phi) is 3.71. The van der Waals surface area contributed by atoms with Gasteiger partial charge in [0.25, 0.3) is 5.69 Å². The molecule has 26 heavy (non-hydrogen) atoms. The SMILES string of the molecule is O=C1c2ccccc2-c2c(-[n+]3ccccc3)c(=O)[nH]c3cccc1c23.[Cl-]. The highest BCUT2D eigenvalue weighted by Gasteiger charge is 2.32. The summed E-state index contributed by atoms with van der Waals surface area (Å²) in [5.74, 6) is -0.00948. The van der Waals surface area contributed by atoms with E-state index >= 15 is 0 Å². The molecule has 1 aliphatic carbocycles. The molecule has 0 bridgehead atoms. The summed E-state index contributed by atoms with van der Waals surface area (Å²) in [4.78, 5) is 28.7. The zero-order valence-corrected chi connectivity index (χ0v) is 14.3. The molecule has 5 rings (SSSR count). The minimum atomic E-state index is -0.181. The van der Waals surface area contributed by atoms with Crippen molar-refractivity contribution in [2.45, 2.75) is 0 Å². The molecule has 0 amide bonds. The van der Waals surface area contributed by atoms with Crippen LogP contribution in [0.1, 0.15) is 15.9 Å². The number of nitrogens with zero attached hydrogens (tertiary/aromatic N) is 1. The van der Waals surface area contributed by atoms with E-state index in [1.54, 1.807) is 10.6 Å². The summed E-state index contributed by atoms with van der Waals surface area (Å²) in [5, 5.41) is 0.803. The predicted molar refractivity (Wildman–Crippen MR) is 95.0 cm³/mol. The normalized spacial score (nSPS) is 11.8. The average Bonchev–Trinajstić information content (AvgIpc) is 2.66. The van der Waals surface area contributed by atoms with Crippen molar-refractivity contribution in [1.29, 1.82) is 0 Å². The first-order valence-electron chi connectivity index (χ1n) is 8.05. The van der Waals surface area contributed by atoms with Crippen molar-refractivity contribution in [1.82, 2.24) is 4.98 Å². The lowest BCUT2D eigenvalue weighted by atomic mass is 9.83. The maximum Gasteiger partial charge on any atom is 0.321 e. The number of nitrogens with one attached hydrogen (secondary N) is 1. The van der Waals surface area contributed by atoms with Crippen LogP contribution in [0.2, 0.25) is 0 Å². The summed E-state index contributed by atoms with van der Waals surface area (Å²) >= 11 is 0. The van der Waals surface area contributed by atoms with Gasteiger partial charge in [0.2, 0.25) is 0 Å². The van der Waals surface area contributed by atoms with Gasteiger partial charge in [-0.25, -0.2) is 0 Å². The first-order chi connectivity index (χ1) is 12.3. The first-order valence-corrected chi connectivity index (χ1v) is 8.05. The zero-order chi connectivity index (χ0) is 17.0. The summed E-state index contributed by atoms with van der Waals surface area (Å²) < 4.78 is 1.80. The summed E-state index contributed by atoms with van der Waals surface area (Å²) in [5.41, 5.74) is 3.89. The Morgan fingerprint density at radius 1 is 0.731 bits per heavy atom. The van der Waals surface area contributed by atoms with Crippen molar-refractivity contribution in [3.05, 3.63) is 94.5 Å². The molecule has 2 heterocycles. The van der Waals surface area contributed by atoms with E-state index in [-0.39, 0.29) is 23.7 Å². The van der Waals surface area contributed by atoms with Gasteiger partial charge in [-0.05, 0) is 6.07 Å². The van der Waals surface area contributed by atoms with E-state index in [1.807, 2.05) is 67.0 Å². The highest BCUT2D eigenvalue weighted by Crippen LogP contribution is 2.39. The number of halogens is 1. The molecule has 0 unspecified atom stereocenters. The molecule has 2 aromatic heterocycles. The number of aromatic nitrogens is 2. The Bertz CT molecular complexity index is 1230.